The maximum Gasteiger partial charge on any atom is 0.215 e. The molecule has 2 aliphatic heterocycles. The van der Waals surface area contributed by atoms with Crippen LogP contribution in [0.25, 0.3) is 0 Å². The summed E-state index contributed by atoms with van der Waals surface area (Å²) in [5, 5.41) is 38.8. The molecule has 3 rings (SSSR count). The molecule has 3 aliphatic rings. The number of nitrogens with two attached hydrogens (primary N) is 3. The average molecular weight is 476 g/mol. The molecular weight excluding hydrogens is 434 g/mol. The Labute approximate surface area is 194 Å². The van der Waals surface area contributed by atoms with Gasteiger partial charge in [-0.2, -0.15) is 0 Å². The minimum atomic E-state index is -1.28. The molecule has 1 saturated carbocycles. The summed E-state index contributed by atoms with van der Waals surface area (Å²) in [5.41, 5.74) is 16.9. The molecule has 2 fully saturated rings. The second-order valence-corrected chi connectivity index (χ2v) is 9.31. The highest BCUT2D eigenvalue weighted by atomic mass is 16.7. The van der Waals surface area contributed by atoms with Crippen molar-refractivity contribution in [1.29, 1.82) is 0 Å². The zero-order valence-corrected chi connectivity index (χ0v) is 19.6. The summed E-state index contributed by atoms with van der Waals surface area (Å²) in [5.74, 6) is 0.572. The van der Waals surface area contributed by atoms with Crippen LogP contribution in [0, 0.1) is 0 Å². The van der Waals surface area contributed by atoms with E-state index in [9.17, 15) is 15.3 Å². The molecule has 0 amide bonds. The standard InChI is InChI=1S/C21H41N5O7/c1-4-26-13-7-12(24)16(32-19-11(23)6-5-10(8-22)31-19)14(27)17(13)33-20-15(28)18(25-3)21(2,29)9-30-20/h5,11-20,25-29H,4,6-9,22-24H2,1-3H3/t11?,12-,13+,14?,15?,16?,17-,18+,19+,20+,21-/m0/s1. The zero-order chi connectivity index (χ0) is 24.3. The van der Waals surface area contributed by atoms with Crippen molar-refractivity contribution in [2.24, 2.45) is 17.2 Å². The lowest BCUT2D eigenvalue weighted by Gasteiger charge is -2.49. The van der Waals surface area contributed by atoms with Gasteiger partial charge in [-0.05, 0) is 39.4 Å². The maximum absolute atomic E-state index is 11.3. The van der Waals surface area contributed by atoms with Gasteiger partial charge in [0.15, 0.2) is 6.29 Å². The van der Waals surface area contributed by atoms with Crippen LogP contribution in [0.2, 0.25) is 0 Å². The fraction of sp³-hybridized carbons (Fsp3) is 0.905. The number of rotatable bonds is 8. The van der Waals surface area contributed by atoms with Crippen LogP contribution >= 0.6 is 0 Å². The van der Waals surface area contributed by atoms with Crippen molar-refractivity contribution in [3.8, 4) is 0 Å². The Morgan fingerprint density at radius 2 is 1.85 bits per heavy atom. The molecule has 0 bridgehead atoms. The van der Waals surface area contributed by atoms with Crippen LogP contribution in [0.15, 0.2) is 11.8 Å². The number of hydrogen-bond acceptors (Lipinski definition) is 12. The smallest absolute Gasteiger partial charge is 0.215 e. The molecule has 192 valence electrons. The SMILES string of the molecule is CCN[C@@H]1C[C@H](N)C(O[C@H]2OC(CN)=CCC2N)C(O)[C@H]1O[C@H]1OC[C@](C)(O)[C@H](NC)C1O. The van der Waals surface area contributed by atoms with Gasteiger partial charge in [0.05, 0.1) is 25.2 Å². The third kappa shape index (κ3) is 5.85. The van der Waals surface area contributed by atoms with Gasteiger partial charge in [-0.1, -0.05) is 6.92 Å². The molecule has 0 aromatic heterocycles. The normalized spacial score (nSPS) is 46.5. The lowest BCUT2D eigenvalue weighted by molar-refractivity contribution is -0.304. The summed E-state index contributed by atoms with van der Waals surface area (Å²) in [7, 11) is 1.64. The first-order valence-corrected chi connectivity index (χ1v) is 11.6. The molecule has 4 unspecified atom stereocenters. The predicted molar refractivity (Wildman–Crippen MR) is 120 cm³/mol. The van der Waals surface area contributed by atoms with Gasteiger partial charge < -0.3 is 62.1 Å². The summed E-state index contributed by atoms with van der Waals surface area (Å²) in [6.45, 7) is 4.30. The Bertz CT molecular complexity index is 669. The maximum atomic E-state index is 11.3. The molecule has 33 heavy (non-hydrogen) atoms. The average Bonchev–Trinajstić information content (AvgIpc) is 2.76. The molecule has 12 nitrogen and oxygen atoms in total. The molecular formula is C21H41N5O7. The highest BCUT2D eigenvalue weighted by Crippen LogP contribution is 2.31. The van der Waals surface area contributed by atoms with E-state index in [1.807, 2.05) is 13.0 Å². The molecule has 11 atom stereocenters. The summed E-state index contributed by atoms with van der Waals surface area (Å²) >= 11 is 0. The van der Waals surface area contributed by atoms with Crippen LogP contribution in [0.3, 0.4) is 0 Å². The third-order valence-electron chi connectivity index (χ3n) is 6.64. The zero-order valence-electron chi connectivity index (χ0n) is 19.6. The Hall–Kier alpha value is -0.900. The van der Waals surface area contributed by atoms with Crippen LogP contribution in [-0.2, 0) is 18.9 Å². The number of ether oxygens (including phenoxy) is 4. The topological polar surface area (TPSA) is 200 Å². The molecule has 0 spiro atoms. The van der Waals surface area contributed by atoms with Crippen molar-refractivity contribution < 1.29 is 34.3 Å². The molecule has 1 aliphatic carbocycles. The Kier molecular flexibility index (Phi) is 9.08. The minimum absolute atomic E-state index is 0.0483. The number of aliphatic hydroxyl groups excluding tert-OH is 2. The second-order valence-electron chi connectivity index (χ2n) is 9.31. The monoisotopic (exact) mass is 475 g/mol. The van der Waals surface area contributed by atoms with Gasteiger partial charge in [-0.25, -0.2) is 0 Å². The first-order chi connectivity index (χ1) is 15.6. The number of hydrogen-bond donors (Lipinski definition) is 8. The fourth-order valence-corrected chi connectivity index (χ4v) is 4.86. The highest BCUT2D eigenvalue weighted by Gasteiger charge is 2.51. The van der Waals surface area contributed by atoms with Gasteiger partial charge in [-0.15, -0.1) is 0 Å². The number of nitrogens with one attached hydrogen (secondary N) is 2. The summed E-state index contributed by atoms with van der Waals surface area (Å²) in [6, 6.07) is -1.95. The molecule has 12 heteroatoms. The van der Waals surface area contributed by atoms with Crippen molar-refractivity contribution in [2.45, 2.75) is 93.5 Å². The van der Waals surface area contributed by atoms with Crippen molar-refractivity contribution in [3.63, 3.8) is 0 Å². The van der Waals surface area contributed by atoms with Crippen molar-refractivity contribution in [1.82, 2.24) is 10.6 Å². The first kappa shape index (κ1) is 26.7. The van der Waals surface area contributed by atoms with Crippen LogP contribution in [0.5, 0.6) is 0 Å². The van der Waals surface area contributed by atoms with Gasteiger partial charge in [0, 0.05) is 12.1 Å². The van der Waals surface area contributed by atoms with Gasteiger partial charge in [0.2, 0.25) is 6.29 Å². The lowest BCUT2D eigenvalue weighted by atomic mass is 9.83. The predicted octanol–water partition coefficient (Wildman–Crippen LogP) is -3.20. The van der Waals surface area contributed by atoms with Crippen LogP contribution < -0.4 is 27.8 Å². The van der Waals surface area contributed by atoms with E-state index in [2.05, 4.69) is 10.6 Å². The van der Waals surface area contributed by atoms with Crippen LogP contribution in [-0.4, -0.2) is 109 Å². The van der Waals surface area contributed by atoms with E-state index in [0.717, 1.165) is 0 Å². The van der Waals surface area contributed by atoms with E-state index < -0.39 is 60.7 Å². The third-order valence-corrected chi connectivity index (χ3v) is 6.64. The van der Waals surface area contributed by atoms with Gasteiger partial charge in [-0.3, -0.25) is 0 Å². The molecule has 0 radical (unpaired) electrons. The van der Waals surface area contributed by atoms with Gasteiger partial charge in [0.1, 0.15) is 35.8 Å². The summed E-state index contributed by atoms with van der Waals surface area (Å²) < 4.78 is 23.6. The van der Waals surface area contributed by atoms with E-state index in [-0.39, 0.29) is 19.2 Å². The van der Waals surface area contributed by atoms with Crippen molar-refractivity contribution >= 4 is 0 Å². The van der Waals surface area contributed by atoms with Gasteiger partial charge >= 0.3 is 0 Å². The molecule has 1 saturated heterocycles. The Balaban J connectivity index is 1.75. The Morgan fingerprint density at radius 3 is 2.48 bits per heavy atom. The molecule has 0 aromatic rings. The van der Waals surface area contributed by atoms with Crippen molar-refractivity contribution in [2.75, 3.05) is 26.7 Å². The lowest BCUT2D eigenvalue weighted by Crippen LogP contribution is -2.69. The van der Waals surface area contributed by atoms with E-state index in [1.54, 1.807) is 14.0 Å². The van der Waals surface area contributed by atoms with Gasteiger partial charge in [0.25, 0.3) is 0 Å². The summed E-state index contributed by atoms with van der Waals surface area (Å²) in [4.78, 5) is 0. The van der Waals surface area contributed by atoms with Crippen molar-refractivity contribution in [3.05, 3.63) is 11.8 Å². The minimum Gasteiger partial charge on any atom is -0.467 e. The number of aliphatic hydroxyl groups is 3. The molecule has 0 aromatic carbocycles. The Morgan fingerprint density at radius 1 is 1.15 bits per heavy atom. The van der Waals surface area contributed by atoms with Crippen LogP contribution in [0.1, 0.15) is 26.7 Å². The first-order valence-electron chi connectivity index (χ1n) is 11.6. The number of likely N-dealkylation sites (N-methyl/N-ethyl adjacent to an activating group) is 2. The summed E-state index contributed by atoms with van der Waals surface area (Å²) in [6.07, 6.45) is -3.05. The molecule has 2 heterocycles. The second kappa shape index (κ2) is 11.2. The fourth-order valence-electron chi connectivity index (χ4n) is 4.86. The highest BCUT2D eigenvalue weighted by molar-refractivity contribution is 5.05. The van der Waals surface area contributed by atoms with E-state index in [0.29, 0.717) is 25.1 Å². The van der Waals surface area contributed by atoms with E-state index in [1.165, 1.54) is 0 Å². The quantitative estimate of drug-likeness (QED) is 0.175. The van der Waals surface area contributed by atoms with E-state index in [4.69, 9.17) is 36.1 Å². The molecule has 11 N–H and O–H groups in total. The van der Waals surface area contributed by atoms with E-state index >= 15 is 0 Å². The van der Waals surface area contributed by atoms with Crippen LogP contribution in [0.4, 0.5) is 0 Å². The largest absolute Gasteiger partial charge is 0.467 e.